The number of fused-ring (bicyclic) bond motifs is 1. The molecule has 0 bridgehead atoms. The quantitative estimate of drug-likeness (QED) is 0.795. The fraction of sp³-hybridized carbons (Fsp3) is 0.462. The van der Waals surface area contributed by atoms with E-state index >= 15 is 0 Å². The molecular formula is C13H16ClFN2O2S. The number of alkyl halides is 1. The first-order valence-corrected chi connectivity index (χ1v) is 8.80. The van der Waals surface area contributed by atoms with Crippen LogP contribution in [-0.4, -0.2) is 35.9 Å². The Morgan fingerprint density at radius 3 is 2.70 bits per heavy atom. The first-order chi connectivity index (χ1) is 9.31. The van der Waals surface area contributed by atoms with Gasteiger partial charge in [0.1, 0.15) is 21.5 Å². The summed E-state index contributed by atoms with van der Waals surface area (Å²) in [6, 6.07) is 3.07. The number of nitrogens with zero attached hydrogens (tertiary/aromatic N) is 2. The molecule has 20 heavy (non-hydrogen) atoms. The van der Waals surface area contributed by atoms with Crippen LogP contribution in [0, 0.1) is 12.7 Å². The van der Waals surface area contributed by atoms with Crippen LogP contribution in [-0.2, 0) is 22.8 Å². The lowest BCUT2D eigenvalue weighted by Crippen LogP contribution is -2.13. The van der Waals surface area contributed by atoms with Gasteiger partial charge in [-0.1, -0.05) is 0 Å². The van der Waals surface area contributed by atoms with Crippen LogP contribution in [0.2, 0.25) is 0 Å². The molecule has 7 heteroatoms. The summed E-state index contributed by atoms with van der Waals surface area (Å²) < 4.78 is 38.1. The van der Waals surface area contributed by atoms with E-state index in [1.54, 1.807) is 13.0 Å². The molecule has 0 N–H and O–H groups in total. The Morgan fingerprint density at radius 2 is 2.10 bits per heavy atom. The van der Waals surface area contributed by atoms with E-state index in [0.717, 1.165) is 5.52 Å². The number of aromatic nitrogens is 2. The topological polar surface area (TPSA) is 52.0 Å². The van der Waals surface area contributed by atoms with Crippen molar-refractivity contribution in [3.05, 3.63) is 29.3 Å². The third kappa shape index (κ3) is 3.30. The van der Waals surface area contributed by atoms with Crippen molar-refractivity contribution in [2.75, 3.05) is 17.9 Å². The first-order valence-electron chi connectivity index (χ1n) is 6.21. The lowest BCUT2D eigenvalue weighted by atomic mass is 10.2. The fourth-order valence-electron chi connectivity index (χ4n) is 2.08. The zero-order valence-electron chi connectivity index (χ0n) is 11.4. The molecule has 0 saturated carbocycles. The second kappa shape index (κ2) is 5.69. The highest BCUT2D eigenvalue weighted by Crippen LogP contribution is 2.21. The second-order valence-electron chi connectivity index (χ2n) is 4.84. The number of benzene rings is 1. The minimum atomic E-state index is -3.07. The molecule has 1 aromatic carbocycles. The minimum Gasteiger partial charge on any atom is -0.327 e. The summed E-state index contributed by atoms with van der Waals surface area (Å²) in [4.78, 5) is 4.35. The van der Waals surface area contributed by atoms with Gasteiger partial charge in [0.2, 0.25) is 0 Å². The maximum atomic E-state index is 13.6. The molecule has 4 nitrogen and oxygen atoms in total. The third-order valence-corrected chi connectivity index (χ3v) is 4.22. The zero-order chi connectivity index (χ0) is 14.9. The van der Waals surface area contributed by atoms with Gasteiger partial charge in [-0.2, -0.15) is 0 Å². The Kier molecular flexibility index (Phi) is 4.34. The van der Waals surface area contributed by atoms with Crippen LogP contribution in [0.1, 0.15) is 11.4 Å². The number of hydrogen-bond donors (Lipinski definition) is 0. The highest BCUT2D eigenvalue weighted by molar-refractivity contribution is 7.90. The normalized spacial score (nSPS) is 12.2. The molecule has 0 atom stereocenters. The van der Waals surface area contributed by atoms with Gasteiger partial charge in [0.15, 0.2) is 0 Å². The average Bonchev–Trinajstić information content (AvgIpc) is 2.64. The predicted molar refractivity (Wildman–Crippen MR) is 78.6 cm³/mol. The maximum absolute atomic E-state index is 13.6. The molecule has 0 aliphatic carbocycles. The molecule has 0 saturated heterocycles. The Hall–Kier alpha value is -1.14. The Balaban J connectivity index is 2.52. The standard InChI is InChI=1S/C13H16ClFN2O2S/c1-9-7-12-11(8-10(9)15)16-13(3-4-14)17(12)5-6-20(2,18)19/h7-8H,3-6H2,1-2H3. The lowest BCUT2D eigenvalue weighted by molar-refractivity contribution is 0.593. The summed E-state index contributed by atoms with van der Waals surface area (Å²) in [6.45, 7) is 1.97. The van der Waals surface area contributed by atoms with Gasteiger partial charge in [-0.25, -0.2) is 17.8 Å². The van der Waals surface area contributed by atoms with E-state index in [1.807, 2.05) is 4.57 Å². The molecule has 1 heterocycles. The fourth-order valence-corrected chi connectivity index (χ4v) is 2.77. The van der Waals surface area contributed by atoms with Crippen molar-refractivity contribution in [3.63, 3.8) is 0 Å². The van der Waals surface area contributed by atoms with Gasteiger partial charge in [0.05, 0.1) is 16.8 Å². The van der Waals surface area contributed by atoms with Crippen LogP contribution in [0.3, 0.4) is 0 Å². The maximum Gasteiger partial charge on any atom is 0.149 e. The number of hydrogen-bond acceptors (Lipinski definition) is 3. The van der Waals surface area contributed by atoms with Gasteiger partial charge in [0.25, 0.3) is 0 Å². The summed E-state index contributed by atoms with van der Waals surface area (Å²) >= 11 is 5.74. The summed E-state index contributed by atoms with van der Waals surface area (Å²) in [5.41, 5.74) is 1.78. The van der Waals surface area contributed by atoms with Crippen molar-refractivity contribution in [1.82, 2.24) is 9.55 Å². The van der Waals surface area contributed by atoms with E-state index in [4.69, 9.17) is 11.6 Å². The highest BCUT2D eigenvalue weighted by atomic mass is 35.5. The zero-order valence-corrected chi connectivity index (χ0v) is 12.9. The van der Waals surface area contributed by atoms with Crippen LogP contribution < -0.4 is 0 Å². The Morgan fingerprint density at radius 1 is 1.40 bits per heavy atom. The molecule has 0 fully saturated rings. The molecule has 2 rings (SSSR count). The summed E-state index contributed by atoms with van der Waals surface area (Å²) in [6.07, 6.45) is 1.71. The van der Waals surface area contributed by atoms with Crippen LogP contribution in [0.5, 0.6) is 0 Å². The van der Waals surface area contributed by atoms with Crippen molar-refractivity contribution >= 4 is 32.5 Å². The van der Waals surface area contributed by atoms with Crippen LogP contribution in [0.25, 0.3) is 11.0 Å². The molecule has 0 aliphatic rings. The number of sulfone groups is 1. The molecule has 0 radical (unpaired) electrons. The summed E-state index contributed by atoms with van der Waals surface area (Å²) in [5.74, 6) is 0.764. The van der Waals surface area contributed by atoms with Crippen molar-refractivity contribution in [2.45, 2.75) is 19.9 Å². The lowest BCUT2D eigenvalue weighted by Gasteiger charge is -2.08. The van der Waals surface area contributed by atoms with Gasteiger partial charge >= 0.3 is 0 Å². The Labute approximate surface area is 122 Å². The first kappa shape index (κ1) is 15.3. The van der Waals surface area contributed by atoms with Crippen molar-refractivity contribution in [3.8, 4) is 0 Å². The van der Waals surface area contributed by atoms with E-state index in [0.29, 0.717) is 35.8 Å². The Bertz CT molecular complexity index is 740. The van der Waals surface area contributed by atoms with E-state index < -0.39 is 9.84 Å². The smallest absolute Gasteiger partial charge is 0.149 e. The SMILES string of the molecule is Cc1cc2c(cc1F)nc(CCCl)n2CCS(C)(=O)=O. The second-order valence-corrected chi connectivity index (χ2v) is 7.48. The van der Waals surface area contributed by atoms with E-state index in [2.05, 4.69) is 4.98 Å². The van der Waals surface area contributed by atoms with Gasteiger partial charge in [0, 0.05) is 31.2 Å². The number of rotatable bonds is 5. The van der Waals surface area contributed by atoms with Crippen LogP contribution in [0.15, 0.2) is 12.1 Å². The summed E-state index contributed by atoms with van der Waals surface area (Å²) in [7, 11) is -3.07. The van der Waals surface area contributed by atoms with Gasteiger partial charge in [-0.05, 0) is 18.6 Å². The summed E-state index contributed by atoms with van der Waals surface area (Å²) in [5, 5.41) is 0. The molecular weight excluding hydrogens is 303 g/mol. The monoisotopic (exact) mass is 318 g/mol. The molecule has 110 valence electrons. The molecule has 1 aromatic heterocycles. The average molecular weight is 319 g/mol. The third-order valence-electron chi connectivity index (χ3n) is 3.11. The van der Waals surface area contributed by atoms with Crippen molar-refractivity contribution in [1.29, 1.82) is 0 Å². The van der Waals surface area contributed by atoms with Gasteiger partial charge < -0.3 is 4.57 Å². The largest absolute Gasteiger partial charge is 0.327 e. The predicted octanol–water partition coefficient (Wildman–Crippen LogP) is 2.31. The van der Waals surface area contributed by atoms with Gasteiger partial charge in [-0.15, -0.1) is 11.6 Å². The number of aryl methyl sites for hydroxylation is 3. The highest BCUT2D eigenvalue weighted by Gasteiger charge is 2.14. The number of halogens is 2. The van der Waals surface area contributed by atoms with Crippen LogP contribution in [0.4, 0.5) is 4.39 Å². The minimum absolute atomic E-state index is 0.0180. The van der Waals surface area contributed by atoms with E-state index in [9.17, 15) is 12.8 Å². The van der Waals surface area contributed by atoms with Crippen LogP contribution >= 0.6 is 11.6 Å². The van der Waals surface area contributed by atoms with Crippen molar-refractivity contribution < 1.29 is 12.8 Å². The molecule has 0 aliphatic heterocycles. The molecule has 0 unspecified atom stereocenters. The van der Waals surface area contributed by atoms with Crippen molar-refractivity contribution in [2.24, 2.45) is 0 Å². The molecule has 0 spiro atoms. The van der Waals surface area contributed by atoms with Gasteiger partial charge in [-0.3, -0.25) is 0 Å². The molecule has 2 aromatic rings. The number of imidazole rings is 1. The van der Waals surface area contributed by atoms with E-state index in [-0.39, 0.29) is 11.6 Å². The van der Waals surface area contributed by atoms with E-state index in [1.165, 1.54) is 12.3 Å². The molecule has 0 amide bonds.